The molecule has 0 spiro atoms. The number of nitrogens with zero attached hydrogens (tertiary/aromatic N) is 2. The van der Waals surface area contributed by atoms with Crippen LogP contribution in [0.1, 0.15) is 18.1 Å². The van der Waals surface area contributed by atoms with E-state index in [-0.39, 0.29) is 29.7 Å². The van der Waals surface area contributed by atoms with Gasteiger partial charge in [-0.2, -0.15) is 0 Å². The SMILES string of the molecule is CCNC(=NCc1ccc(O)cc1)N(C)Cc1ccccc1.I. The monoisotopic (exact) mass is 425 g/mol. The highest BCUT2D eigenvalue weighted by Gasteiger charge is 2.06. The van der Waals surface area contributed by atoms with Gasteiger partial charge in [-0.05, 0) is 30.2 Å². The van der Waals surface area contributed by atoms with Crippen molar-refractivity contribution in [2.24, 2.45) is 4.99 Å². The first-order chi connectivity index (χ1) is 10.7. The van der Waals surface area contributed by atoms with Crippen LogP contribution in [0.3, 0.4) is 0 Å². The van der Waals surface area contributed by atoms with Crippen LogP contribution in [0.2, 0.25) is 0 Å². The first-order valence-corrected chi connectivity index (χ1v) is 7.50. The number of benzene rings is 2. The maximum Gasteiger partial charge on any atom is 0.194 e. The van der Waals surface area contributed by atoms with E-state index in [4.69, 9.17) is 0 Å². The number of hydrogen-bond acceptors (Lipinski definition) is 2. The van der Waals surface area contributed by atoms with Crippen LogP contribution in [0, 0.1) is 0 Å². The molecule has 0 aliphatic carbocycles. The molecule has 5 heteroatoms. The standard InChI is InChI=1S/C18H23N3O.HI/c1-3-19-18(20-13-15-9-11-17(22)12-10-15)21(2)14-16-7-5-4-6-8-16;/h4-12,22H,3,13-14H2,1-2H3,(H,19,20);1H. The molecule has 0 amide bonds. The van der Waals surface area contributed by atoms with Crippen molar-refractivity contribution in [3.63, 3.8) is 0 Å². The van der Waals surface area contributed by atoms with Crippen LogP contribution in [0.4, 0.5) is 0 Å². The number of halogens is 1. The molecule has 4 nitrogen and oxygen atoms in total. The predicted molar refractivity (Wildman–Crippen MR) is 106 cm³/mol. The van der Waals surface area contributed by atoms with Crippen molar-refractivity contribution in [3.8, 4) is 5.75 Å². The topological polar surface area (TPSA) is 47.9 Å². The zero-order valence-corrected chi connectivity index (χ0v) is 15.9. The lowest BCUT2D eigenvalue weighted by Gasteiger charge is -2.22. The Morgan fingerprint density at radius 2 is 1.70 bits per heavy atom. The number of phenols is 1. The number of hydrogen-bond donors (Lipinski definition) is 2. The first kappa shape index (κ1) is 19.3. The summed E-state index contributed by atoms with van der Waals surface area (Å²) in [6.45, 7) is 4.28. The van der Waals surface area contributed by atoms with Crippen LogP contribution in [-0.2, 0) is 13.1 Å². The van der Waals surface area contributed by atoms with Gasteiger partial charge in [0.15, 0.2) is 5.96 Å². The summed E-state index contributed by atoms with van der Waals surface area (Å²) < 4.78 is 0. The molecule has 2 aromatic carbocycles. The van der Waals surface area contributed by atoms with Crippen molar-refractivity contribution in [3.05, 3.63) is 65.7 Å². The Hall–Kier alpha value is -1.76. The Kier molecular flexibility index (Phi) is 8.47. The highest BCUT2D eigenvalue weighted by atomic mass is 127. The van der Waals surface area contributed by atoms with Gasteiger partial charge in [-0.25, -0.2) is 4.99 Å². The van der Waals surface area contributed by atoms with Crippen LogP contribution in [0.15, 0.2) is 59.6 Å². The van der Waals surface area contributed by atoms with Gasteiger partial charge in [0.25, 0.3) is 0 Å². The number of guanidine groups is 1. The fourth-order valence-corrected chi connectivity index (χ4v) is 2.17. The molecule has 0 heterocycles. The molecule has 124 valence electrons. The molecule has 0 bridgehead atoms. The number of aliphatic imine (C=N–C) groups is 1. The van der Waals surface area contributed by atoms with Gasteiger partial charge in [0.2, 0.25) is 0 Å². The third-order valence-corrected chi connectivity index (χ3v) is 3.31. The molecule has 2 N–H and O–H groups in total. The molecule has 0 aliphatic rings. The maximum atomic E-state index is 9.31. The molecule has 2 rings (SSSR count). The van der Waals surface area contributed by atoms with E-state index in [1.807, 2.05) is 37.4 Å². The van der Waals surface area contributed by atoms with E-state index < -0.39 is 0 Å². The molecular formula is C18H24IN3O. The smallest absolute Gasteiger partial charge is 0.194 e. The Balaban J connectivity index is 0.00000264. The summed E-state index contributed by atoms with van der Waals surface area (Å²) in [5.41, 5.74) is 2.32. The van der Waals surface area contributed by atoms with Gasteiger partial charge in [-0.3, -0.25) is 0 Å². The average molecular weight is 425 g/mol. The minimum Gasteiger partial charge on any atom is -0.508 e. The van der Waals surface area contributed by atoms with Gasteiger partial charge in [0.05, 0.1) is 6.54 Å². The van der Waals surface area contributed by atoms with E-state index in [9.17, 15) is 5.11 Å². The molecule has 0 saturated carbocycles. The van der Waals surface area contributed by atoms with Crippen LogP contribution < -0.4 is 5.32 Å². The Labute approximate surface area is 155 Å². The second-order valence-electron chi connectivity index (χ2n) is 5.18. The number of aromatic hydroxyl groups is 1. The Morgan fingerprint density at radius 3 is 2.30 bits per heavy atom. The summed E-state index contributed by atoms with van der Waals surface area (Å²) in [6, 6.07) is 17.5. The van der Waals surface area contributed by atoms with Crippen molar-refractivity contribution in [1.29, 1.82) is 0 Å². The fraction of sp³-hybridized carbons (Fsp3) is 0.278. The third-order valence-electron chi connectivity index (χ3n) is 3.31. The summed E-state index contributed by atoms with van der Waals surface area (Å²) in [7, 11) is 2.03. The molecule has 0 aliphatic heterocycles. The van der Waals surface area contributed by atoms with Crippen molar-refractivity contribution in [2.75, 3.05) is 13.6 Å². The summed E-state index contributed by atoms with van der Waals surface area (Å²) in [5.74, 6) is 1.15. The zero-order valence-electron chi connectivity index (χ0n) is 13.6. The lowest BCUT2D eigenvalue weighted by atomic mass is 10.2. The number of phenolic OH excluding ortho intramolecular Hbond substituents is 1. The summed E-state index contributed by atoms with van der Waals surface area (Å²) >= 11 is 0. The molecule has 0 atom stereocenters. The Morgan fingerprint density at radius 1 is 1.04 bits per heavy atom. The average Bonchev–Trinajstić information content (AvgIpc) is 2.54. The number of rotatable bonds is 5. The lowest BCUT2D eigenvalue weighted by molar-refractivity contribution is 0.474. The van der Waals surface area contributed by atoms with Gasteiger partial charge >= 0.3 is 0 Å². The predicted octanol–water partition coefficient (Wildman–Crippen LogP) is 3.61. The van der Waals surface area contributed by atoms with Gasteiger partial charge in [0.1, 0.15) is 5.75 Å². The van der Waals surface area contributed by atoms with E-state index in [1.54, 1.807) is 12.1 Å². The van der Waals surface area contributed by atoms with Crippen molar-refractivity contribution in [1.82, 2.24) is 10.2 Å². The number of nitrogens with one attached hydrogen (secondary N) is 1. The molecule has 0 saturated heterocycles. The largest absolute Gasteiger partial charge is 0.508 e. The van der Waals surface area contributed by atoms with Crippen molar-refractivity contribution >= 4 is 29.9 Å². The highest BCUT2D eigenvalue weighted by molar-refractivity contribution is 14.0. The molecule has 2 aromatic rings. The van der Waals surface area contributed by atoms with E-state index >= 15 is 0 Å². The first-order valence-electron chi connectivity index (χ1n) is 7.50. The summed E-state index contributed by atoms with van der Waals surface area (Å²) in [6.07, 6.45) is 0. The van der Waals surface area contributed by atoms with E-state index in [1.165, 1.54) is 5.56 Å². The fourth-order valence-electron chi connectivity index (χ4n) is 2.17. The normalized spacial score (nSPS) is 10.8. The third kappa shape index (κ3) is 6.48. The quantitative estimate of drug-likeness (QED) is 0.437. The van der Waals surface area contributed by atoms with E-state index in [0.29, 0.717) is 6.54 Å². The Bertz CT molecular complexity index is 599. The minimum atomic E-state index is 0. The molecule has 0 unspecified atom stereocenters. The maximum absolute atomic E-state index is 9.31. The highest BCUT2D eigenvalue weighted by Crippen LogP contribution is 2.10. The molecule has 0 fully saturated rings. The molecule has 0 radical (unpaired) electrons. The van der Waals surface area contributed by atoms with Crippen LogP contribution >= 0.6 is 24.0 Å². The van der Waals surface area contributed by atoms with E-state index in [2.05, 4.69) is 34.3 Å². The van der Waals surface area contributed by atoms with Crippen LogP contribution in [0.5, 0.6) is 5.75 Å². The summed E-state index contributed by atoms with van der Waals surface area (Å²) in [4.78, 5) is 6.77. The molecule has 23 heavy (non-hydrogen) atoms. The van der Waals surface area contributed by atoms with E-state index in [0.717, 1.165) is 24.6 Å². The van der Waals surface area contributed by atoms with Gasteiger partial charge in [0, 0.05) is 20.1 Å². The van der Waals surface area contributed by atoms with Crippen LogP contribution in [-0.4, -0.2) is 29.6 Å². The van der Waals surface area contributed by atoms with Crippen molar-refractivity contribution in [2.45, 2.75) is 20.0 Å². The van der Waals surface area contributed by atoms with Gasteiger partial charge in [-0.1, -0.05) is 42.5 Å². The van der Waals surface area contributed by atoms with Gasteiger partial charge in [-0.15, -0.1) is 24.0 Å². The minimum absolute atomic E-state index is 0. The molecule has 0 aromatic heterocycles. The molecular weight excluding hydrogens is 401 g/mol. The van der Waals surface area contributed by atoms with Crippen molar-refractivity contribution < 1.29 is 5.11 Å². The zero-order chi connectivity index (χ0) is 15.8. The second kappa shape index (κ2) is 10.1. The van der Waals surface area contributed by atoms with Crippen LogP contribution in [0.25, 0.3) is 0 Å². The lowest BCUT2D eigenvalue weighted by Crippen LogP contribution is -2.38. The van der Waals surface area contributed by atoms with Gasteiger partial charge < -0.3 is 15.3 Å². The summed E-state index contributed by atoms with van der Waals surface area (Å²) in [5, 5.41) is 12.6. The second-order valence-corrected chi connectivity index (χ2v) is 5.18.